The van der Waals surface area contributed by atoms with Crippen molar-refractivity contribution in [3.8, 4) is 0 Å². The summed E-state index contributed by atoms with van der Waals surface area (Å²) in [4.78, 5) is 0. The summed E-state index contributed by atoms with van der Waals surface area (Å²) < 4.78 is 0. The van der Waals surface area contributed by atoms with E-state index in [4.69, 9.17) is 11.6 Å². The van der Waals surface area contributed by atoms with Gasteiger partial charge in [0.05, 0.1) is 0 Å². The lowest BCUT2D eigenvalue weighted by atomic mass is 9.63. The molecule has 0 nitrogen and oxygen atoms in total. The van der Waals surface area contributed by atoms with E-state index in [1.165, 1.54) is 25.7 Å². The minimum atomic E-state index is 0.401. The highest BCUT2D eigenvalue weighted by molar-refractivity contribution is 6.20. The van der Waals surface area contributed by atoms with Crippen LogP contribution in [0.15, 0.2) is 0 Å². The van der Waals surface area contributed by atoms with Crippen molar-refractivity contribution < 1.29 is 0 Å². The molecule has 0 N–H and O–H groups in total. The van der Waals surface area contributed by atoms with Gasteiger partial charge in [-0.15, -0.1) is 11.6 Å². The zero-order valence-electron chi connectivity index (χ0n) is 11.0. The Labute approximate surface area is 101 Å². The van der Waals surface area contributed by atoms with E-state index in [9.17, 15) is 0 Å². The minimum Gasteiger partial charge on any atom is -0.123 e. The predicted molar refractivity (Wildman–Crippen MR) is 69.4 cm³/mol. The fraction of sp³-hybridized carbons (Fsp3) is 1.00. The summed E-state index contributed by atoms with van der Waals surface area (Å²) in [5.41, 5.74) is 0.404. The molecule has 0 amide bonds. The molecule has 1 aliphatic carbocycles. The molecule has 1 fully saturated rings. The maximum atomic E-state index is 6.56. The van der Waals surface area contributed by atoms with Gasteiger partial charge in [0.15, 0.2) is 0 Å². The standard InChI is InChI=1S/C14H27Cl/c1-6-11(3)14(4,5)12-8-7-10(2)9-13(12)15/h10-13H,6-9H2,1-5H3. The third-order valence-electron chi connectivity index (χ3n) is 4.87. The predicted octanol–water partition coefficient (Wildman–Crippen LogP) is 5.10. The van der Waals surface area contributed by atoms with Crippen LogP contribution < -0.4 is 0 Å². The van der Waals surface area contributed by atoms with E-state index < -0.39 is 0 Å². The highest BCUT2D eigenvalue weighted by Crippen LogP contribution is 2.47. The van der Waals surface area contributed by atoms with Crippen molar-refractivity contribution in [3.05, 3.63) is 0 Å². The first-order chi connectivity index (χ1) is 6.89. The van der Waals surface area contributed by atoms with Crippen LogP contribution in [0.3, 0.4) is 0 Å². The maximum absolute atomic E-state index is 6.56. The molecule has 4 atom stereocenters. The highest BCUT2D eigenvalue weighted by atomic mass is 35.5. The third kappa shape index (κ3) is 2.90. The summed E-state index contributed by atoms with van der Waals surface area (Å²) in [5.74, 6) is 2.32. The Balaban J connectivity index is 2.69. The van der Waals surface area contributed by atoms with Gasteiger partial charge in [-0.05, 0) is 36.0 Å². The van der Waals surface area contributed by atoms with Crippen molar-refractivity contribution in [3.63, 3.8) is 0 Å². The first kappa shape index (κ1) is 13.4. The summed E-state index contributed by atoms with van der Waals surface area (Å²) in [6.07, 6.45) is 5.18. The zero-order valence-corrected chi connectivity index (χ0v) is 11.8. The molecule has 1 aliphatic rings. The average Bonchev–Trinajstić information content (AvgIpc) is 2.15. The molecule has 90 valence electrons. The molecular formula is C14H27Cl. The second-order valence-electron chi connectivity index (χ2n) is 6.17. The molecule has 0 saturated heterocycles. The van der Waals surface area contributed by atoms with Crippen molar-refractivity contribution in [2.24, 2.45) is 23.2 Å². The van der Waals surface area contributed by atoms with Gasteiger partial charge >= 0.3 is 0 Å². The Hall–Kier alpha value is 0.290. The summed E-state index contributed by atoms with van der Waals surface area (Å²) in [6, 6.07) is 0. The van der Waals surface area contributed by atoms with E-state index in [1.807, 2.05) is 0 Å². The third-order valence-corrected chi connectivity index (χ3v) is 5.36. The second kappa shape index (κ2) is 5.08. The molecule has 0 bridgehead atoms. The Bertz CT molecular complexity index is 198. The molecule has 1 rings (SSSR count). The largest absolute Gasteiger partial charge is 0.123 e. The Morgan fingerprint density at radius 1 is 1.33 bits per heavy atom. The van der Waals surface area contributed by atoms with Gasteiger partial charge in [-0.1, -0.05) is 47.5 Å². The second-order valence-corrected chi connectivity index (χ2v) is 6.73. The average molecular weight is 231 g/mol. The zero-order chi connectivity index (χ0) is 11.6. The SMILES string of the molecule is CCC(C)C(C)(C)C1CCC(C)CC1Cl. The molecule has 0 aromatic heterocycles. The van der Waals surface area contributed by atoms with Crippen LogP contribution in [0.4, 0.5) is 0 Å². The number of hydrogen-bond acceptors (Lipinski definition) is 0. The smallest absolute Gasteiger partial charge is 0.0372 e. The van der Waals surface area contributed by atoms with Crippen molar-refractivity contribution in [1.82, 2.24) is 0 Å². The van der Waals surface area contributed by atoms with E-state index in [0.29, 0.717) is 16.7 Å². The number of halogens is 1. The topological polar surface area (TPSA) is 0 Å². The molecule has 0 heterocycles. The Morgan fingerprint density at radius 3 is 2.40 bits per heavy atom. The van der Waals surface area contributed by atoms with Gasteiger partial charge in [-0.2, -0.15) is 0 Å². The van der Waals surface area contributed by atoms with Gasteiger partial charge in [0.25, 0.3) is 0 Å². The lowest BCUT2D eigenvalue weighted by Crippen LogP contribution is -2.39. The summed E-state index contributed by atoms with van der Waals surface area (Å²) in [7, 11) is 0. The van der Waals surface area contributed by atoms with Crippen LogP contribution in [0, 0.1) is 23.2 Å². The van der Waals surface area contributed by atoms with Gasteiger partial charge in [0.2, 0.25) is 0 Å². The van der Waals surface area contributed by atoms with Gasteiger partial charge in [-0.3, -0.25) is 0 Å². The normalized spacial score (nSPS) is 35.2. The van der Waals surface area contributed by atoms with Crippen LogP contribution in [0.2, 0.25) is 0 Å². The van der Waals surface area contributed by atoms with Crippen LogP contribution in [0.1, 0.15) is 60.3 Å². The lowest BCUT2D eigenvalue weighted by Gasteiger charge is -2.45. The van der Waals surface area contributed by atoms with Gasteiger partial charge in [-0.25, -0.2) is 0 Å². The fourth-order valence-electron chi connectivity index (χ4n) is 3.04. The van der Waals surface area contributed by atoms with E-state index in [2.05, 4.69) is 34.6 Å². The van der Waals surface area contributed by atoms with Crippen LogP contribution in [-0.4, -0.2) is 5.38 Å². The van der Waals surface area contributed by atoms with Crippen LogP contribution >= 0.6 is 11.6 Å². The minimum absolute atomic E-state index is 0.401. The quantitative estimate of drug-likeness (QED) is 0.592. The first-order valence-corrected chi connectivity index (χ1v) is 6.97. The monoisotopic (exact) mass is 230 g/mol. The lowest BCUT2D eigenvalue weighted by molar-refractivity contribution is 0.0814. The molecule has 1 heteroatoms. The van der Waals surface area contributed by atoms with E-state index in [0.717, 1.165) is 11.8 Å². The molecule has 0 radical (unpaired) electrons. The van der Waals surface area contributed by atoms with E-state index in [-0.39, 0.29) is 0 Å². The number of rotatable bonds is 3. The summed E-state index contributed by atoms with van der Waals surface area (Å²) in [5, 5.41) is 0.401. The van der Waals surface area contributed by atoms with E-state index >= 15 is 0 Å². The number of hydrogen-bond donors (Lipinski definition) is 0. The molecule has 0 aliphatic heterocycles. The van der Waals surface area contributed by atoms with Gasteiger partial charge < -0.3 is 0 Å². The molecule has 0 spiro atoms. The molecule has 15 heavy (non-hydrogen) atoms. The first-order valence-electron chi connectivity index (χ1n) is 6.53. The van der Waals surface area contributed by atoms with Gasteiger partial charge in [0, 0.05) is 5.38 Å². The van der Waals surface area contributed by atoms with Crippen molar-refractivity contribution in [1.29, 1.82) is 0 Å². The van der Waals surface area contributed by atoms with Crippen LogP contribution in [0.25, 0.3) is 0 Å². The highest BCUT2D eigenvalue weighted by Gasteiger charge is 2.40. The maximum Gasteiger partial charge on any atom is 0.0372 e. The van der Waals surface area contributed by atoms with Crippen LogP contribution in [0.5, 0.6) is 0 Å². The van der Waals surface area contributed by atoms with Crippen molar-refractivity contribution >= 4 is 11.6 Å². The molecule has 0 aromatic rings. The molecule has 1 saturated carbocycles. The molecular weight excluding hydrogens is 204 g/mol. The van der Waals surface area contributed by atoms with Crippen molar-refractivity contribution in [2.45, 2.75) is 65.7 Å². The number of alkyl halides is 1. The van der Waals surface area contributed by atoms with Gasteiger partial charge in [0.1, 0.15) is 0 Å². The molecule has 0 aromatic carbocycles. The van der Waals surface area contributed by atoms with Crippen LogP contribution in [-0.2, 0) is 0 Å². The summed E-state index contributed by atoms with van der Waals surface area (Å²) in [6.45, 7) is 11.8. The van der Waals surface area contributed by atoms with E-state index in [1.54, 1.807) is 0 Å². The molecule has 4 unspecified atom stereocenters. The fourth-order valence-corrected chi connectivity index (χ4v) is 3.80. The Morgan fingerprint density at radius 2 is 1.93 bits per heavy atom. The summed E-state index contributed by atoms with van der Waals surface area (Å²) >= 11 is 6.56. The van der Waals surface area contributed by atoms with Crippen molar-refractivity contribution in [2.75, 3.05) is 0 Å². The Kier molecular flexibility index (Phi) is 4.52.